The van der Waals surface area contributed by atoms with E-state index >= 15 is 0 Å². The standard InChI is InChI=1S/C13H19NO3S/c1-2-11-7-5-6-10-14(11)18(16,17)13-9-4-3-8-12(13)15/h3-4,8-9,11,15H,2,5-7,10H2,1H3. The van der Waals surface area contributed by atoms with Crippen molar-refractivity contribution in [2.45, 2.75) is 43.5 Å². The molecule has 1 unspecified atom stereocenters. The zero-order valence-corrected chi connectivity index (χ0v) is 11.4. The Morgan fingerprint density at radius 3 is 2.72 bits per heavy atom. The third-order valence-electron chi connectivity index (χ3n) is 3.50. The largest absolute Gasteiger partial charge is 0.507 e. The van der Waals surface area contributed by atoms with Gasteiger partial charge in [0.2, 0.25) is 10.0 Å². The Balaban J connectivity index is 2.39. The smallest absolute Gasteiger partial charge is 0.246 e. The summed E-state index contributed by atoms with van der Waals surface area (Å²) in [6.07, 6.45) is 3.69. The minimum absolute atomic E-state index is 0.0188. The summed E-state index contributed by atoms with van der Waals surface area (Å²) in [7, 11) is -3.57. The van der Waals surface area contributed by atoms with Crippen LogP contribution in [0, 0.1) is 0 Å². The predicted molar refractivity (Wildman–Crippen MR) is 69.9 cm³/mol. The average molecular weight is 269 g/mol. The van der Waals surface area contributed by atoms with Gasteiger partial charge in [-0.2, -0.15) is 4.31 Å². The zero-order chi connectivity index (χ0) is 13.2. The molecule has 1 fully saturated rings. The van der Waals surface area contributed by atoms with Crippen molar-refractivity contribution in [2.24, 2.45) is 0 Å². The lowest BCUT2D eigenvalue weighted by molar-refractivity contribution is 0.246. The number of hydrogen-bond donors (Lipinski definition) is 1. The lowest BCUT2D eigenvalue weighted by atomic mass is 10.0. The highest BCUT2D eigenvalue weighted by Gasteiger charge is 2.33. The molecule has 0 aliphatic carbocycles. The average Bonchev–Trinajstić information content (AvgIpc) is 2.39. The minimum atomic E-state index is -3.57. The van der Waals surface area contributed by atoms with Gasteiger partial charge in [-0.15, -0.1) is 0 Å². The molecule has 2 rings (SSSR count). The first-order valence-electron chi connectivity index (χ1n) is 6.37. The molecule has 0 aromatic heterocycles. The summed E-state index contributed by atoms with van der Waals surface area (Å²) in [6, 6.07) is 6.20. The molecule has 0 bridgehead atoms. The Morgan fingerprint density at radius 1 is 1.33 bits per heavy atom. The molecule has 0 saturated carbocycles. The van der Waals surface area contributed by atoms with Gasteiger partial charge < -0.3 is 5.11 Å². The van der Waals surface area contributed by atoms with E-state index in [1.54, 1.807) is 16.4 Å². The lowest BCUT2D eigenvalue weighted by Gasteiger charge is -2.34. The van der Waals surface area contributed by atoms with Crippen LogP contribution in [0.1, 0.15) is 32.6 Å². The lowest BCUT2D eigenvalue weighted by Crippen LogP contribution is -2.43. The summed E-state index contributed by atoms with van der Waals surface area (Å²) in [5.41, 5.74) is 0. The van der Waals surface area contributed by atoms with E-state index in [9.17, 15) is 13.5 Å². The second-order valence-electron chi connectivity index (χ2n) is 4.64. The number of piperidine rings is 1. The maximum atomic E-state index is 12.5. The minimum Gasteiger partial charge on any atom is -0.507 e. The summed E-state index contributed by atoms with van der Waals surface area (Å²) < 4.78 is 26.6. The molecule has 0 amide bonds. The topological polar surface area (TPSA) is 57.6 Å². The second kappa shape index (κ2) is 5.28. The number of nitrogens with zero attached hydrogens (tertiary/aromatic N) is 1. The molecule has 5 heteroatoms. The maximum absolute atomic E-state index is 12.5. The summed E-state index contributed by atoms with van der Waals surface area (Å²) in [6.45, 7) is 2.55. The summed E-state index contributed by atoms with van der Waals surface area (Å²) >= 11 is 0. The van der Waals surface area contributed by atoms with E-state index in [4.69, 9.17) is 0 Å². The van der Waals surface area contributed by atoms with Crippen LogP contribution in [0.2, 0.25) is 0 Å². The number of para-hydroxylation sites is 1. The third-order valence-corrected chi connectivity index (χ3v) is 5.50. The van der Waals surface area contributed by atoms with Gasteiger partial charge in [0, 0.05) is 12.6 Å². The van der Waals surface area contributed by atoms with Crippen LogP contribution < -0.4 is 0 Å². The number of rotatable bonds is 3. The molecule has 1 aromatic carbocycles. The Labute approximate surface area is 108 Å². The van der Waals surface area contributed by atoms with E-state index in [2.05, 4.69) is 0 Å². The van der Waals surface area contributed by atoms with Crippen molar-refractivity contribution in [2.75, 3.05) is 6.54 Å². The summed E-state index contributed by atoms with van der Waals surface area (Å²) in [4.78, 5) is 0.0188. The summed E-state index contributed by atoms with van der Waals surface area (Å²) in [5.74, 6) is -0.169. The van der Waals surface area contributed by atoms with Crippen LogP contribution in [0.5, 0.6) is 5.75 Å². The maximum Gasteiger partial charge on any atom is 0.246 e. The van der Waals surface area contributed by atoms with Gasteiger partial charge in [0.15, 0.2) is 0 Å². The number of hydrogen-bond acceptors (Lipinski definition) is 3. The highest BCUT2D eigenvalue weighted by molar-refractivity contribution is 7.89. The van der Waals surface area contributed by atoms with Crippen molar-refractivity contribution >= 4 is 10.0 Å². The van der Waals surface area contributed by atoms with Crippen molar-refractivity contribution in [1.82, 2.24) is 4.31 Å². The molecule has 1 heterocycles. The van der Waals surface area contributed by atoms with Crippen LogP contribution >= 0.6 is 0 Å². The van der Waals surface area contributed by atoms with Gasteiger partial charge in [-0.3, -0.25) is 0 Å². The number of benzene rings is 1. The highest BCUT2D eigenvalue weighted by Crippen LogP contribution is 2.30. The molecule has 0 spiro atoms. The van der Waals surface area contributed by atoms with Crippen LogP contribution in [0.4, 0.5) is 0 Å². The summed E-state index contributed by atoms with van der Waals surface area (Å²) in [5, 5.41) is 9.73. The molecule has 1 atom stereocenters. The van der Waals surface area contributed by atoms with E-state index in [0.29, 0.717) is 6.54 Å². The first kappa shape index (κ1) is 13.4. The molecule has 100 valence electrons. The van der Waals surface area contributed by atoms with E-state index in [1.807, 2.05) is 6.92 Å². The van der Waals surface area contributed by atoms with Crippen molar-refractivity contribution in [1.29, 1.82) is 0 Å². The fourth-order valence-electron chi connectivity index (χ4n) is 2.50. The molecule has 18 heavy (non-hydrogen) atoms. The van der Waals surface area contributed by atoms with Crippen LogP contribution in [-0.4, -0.2) is 30.4 Å². The molecule has 1 aliphatic rings. The van der Waals surface area contributed by atoms with Gasteiger partial charge in [-0.25, -0.2) is 8.42 Å². The van der Waals surface area contributed by atoms with Crippen molar-refractivity contribution in [3.8, 4) is 5.75 Å². The SMILES string of the molecule is CCC1CCCCN1S(=O)(=O)c1ccccc1O. The van der Waals surface area contributed by atoms with E-state index < -0.39 is 10.0 Å². The Morgan fingerprint density at radius 2 is 2.06 bits per heavy atom. The van der Waals surface area contributed by atoms with E-state index in [-0.39, 0.29) is 16.7 Å². The molecule has 0 radical (unpaired) electrons. The molecular weight excluding hydrogens is 250 g/mol. The third kappa shape index (κ3) is 2.37. The fourth-order valence-corrected chi connectivity index (χ4v) is 4.35. The van der Waals surface area contributed by atoms with E-state index in [1.165, 1.54) is 12.1 Å². The zero-order valence-electron chi connectivity index (χ0n) is 10.5. The van der Waals surface area contributed by atoms with Gasteiger partial charge >= 0.3 is 0 Å². The van der Waals surface area contributed by atoms with E-state index in [0.717, 1.165) is 25.7 Å². The first-order valence-corrected chi connectivity index (χ1v) is 7.81. The Kier molecular flexibility index (Phi) is 3.92. The number of aromatic hydroxyl groups is 1. The molecule has 1 aromatic rings. The molecule has 1 aliphatic heterocycles. The fraction of sp³-hybridized carbons (Fsp3) is 0.538. The normalized spacial score (nSPS) is 21.9. The number of phenols is 1. The van der Waals surface area contributed by atoms with Gasteiger partial charge in [0.1, 0.15) is 10.6 Å². The van der Waals surface area contributed by atoms with Crippen LogP contribution in [0.25, 0.3) is 0 Å². The molecule has 1 saturated heterocycles. The van der Waals surface area contributed by atoms with Crippen molar-refractivity contribution in [3.05, 3.63) is 24.3 Å². The number of sulfonamides is 1. The monoisotopic (exact) mass is 269 g/mol. The predicted octanol–water partition coefficient (Wildman–Crippen LogP) is 2.35. The van der Waals surface area contributed by atoms with Gasteiger partial charge in [-0.1, -0.05) is 25.5 Å². The van der Waals surface area contributed by atoms with Crippen molar-refractivity contribution in [3.63, 3.8) is 0 Å². The second-order valence-corrected chi connectivity index (χ2v) is 6.50. The highest BCUT2D eigenvalue weighted by atomic mass is 32.2. The Hall–Kier alpha value is -1.07. The first-order chi connectivity index (χ1) is 8.57. The van der Waals surface area contributed by atoms with Crippen LogP contribution in [0.3, 0.4) is 0 Å². The van der Waals surface area contributed by atoms with Crippen LogP contribution in [-0.2, 0) is 10.0 Å². The number of phenolic OH excluding ortho intramolecular Hbond substituents is 1. The quantitative estimate of drug-likeness (QED) is 0.916. The van der Waals surface area contributed by atoms with Gasteiger partial charge in [-0.05, 0) is 31.4 Å². The van der Waals surface area contributed by atoms with Gasteiger partial charge in [0.05, 0.1) is 0 Å². The Bertz CT molecular complexity index is 513. The van der Waals surface area contributed by atoms with Crippen molar-refractivity contribution < 1.29 is 13.5 Å². The molecular formula is C13H19NO3S. The molecule has 4 nitrogen and oxygen atoms in total. The van der Waals surface area contributed by atoms with Crippen LogP contribution in [0.15, 0.2) is 29.2 Å². The molecule has 1 N–H and O–H groups in total. The van der Waals surface area contributed by atoms with Gasteiger partial charge in [0.25, 0.3) is 0 Å².